The van der Waals surface area contributed by atoms with Crippen LogP contribution in [0.4, 0.5) is 0 Å². The summed E-state index contributed by atoms with van der Waals surface area (Å²) in [5, 5.41) is 5.60. The number of carbonyl (C=O) groups is 3. The van der Waals surface area contributed by atoms with Gasteiger partial charge in [-0.25, -0.2) is 0 Å². The zero-order valence-electron chi connectivity index (χ0n) is 15.4. The van der Waals surface area contributed by atoms with Gasteiger partial charge in [0.2, 0.25) is 11.8 Å². The van der Waals surface area contributed by atoms with Crippen LogP contribution in [0.25, 0.3) is 0 Å². The molecule has 1 aromatic rings. The minimum Gasteiger partial charge on any atom is -0.352 e. The minimum atomic E-state index is -0.637. The van der Waals surface area contributed by atoms with Gasteiger partial charge in [0, 0.05) is 22.6 Å². The summed E-state index contributed by atoms with van der Waals surface area (Å²) in [5.74, 6) is -0.650. The Kier molecular flexibility index (Phi) is 7.20. The summed E-state index contributed by atoms with van der Waals surface area (Å²) in [4.78, 5) is 39.1. The molecule has 1 aliphatic heterocycles. The third kappa shape index (κ3) is 5.06. The molecule has 26 heavy (non-hydrogen) atoms. The molecule has 0 bridgehead atoms. The van der Waals surface area contributed by atoms with E-state index in [9.17, 15) is 14.4 Å². The number of nitrogens with zero attached hydrogens (tertiary/aromatic N) is 1. The molecule has 6 nitrogen and oxygen atoms in total. The van der Waals surface area contributed by atoms with Crippen LogP contribution in [-0.2, 0) is 9.59 Å². The van der Waals surface area contributed by atoms with Crippen molar-refractivity contribution >= 4 is 33.7 Å². The Labute approximate surface area is 162 Å². The van der Waals surface area contributed by atoms with Gasteiger partial charge in [0.1, 0.15) is 12.1 Å². The van der Waals surface area contributed by atoms with Crippen LogP contribution in [0.2, 0.25) is 0 Å². The summed E-state index contributed by atoms with van der Waals surface area (Å²) in [5.41, 5.74) is 0.551. The molecule has 1 fully saturated rings. The topological polar surface area (TPSA) is 78.5 Å². The van der Waals surface area contributed by atoms with Crippen molar-refractivity contribution in [1.29, 1.82) is 0 Å². The highest BCUT2D eigenvalue weighted by molar-refractivity contribution is 9.10. The van der Waals surface area contributed by atoms with Crippen LogP contribution < -0.4 is 10.6 Å². The molecule has 1 aliphatic rings. The number of likely N-dealkylation sites (tertiary alicyclic amines) is 1. The Morgan fingerprint density at radius 2 is 1.85 bits per heavy atom. The quantitative estimate of drug-likeness (QED) is 0.737. The van der Waals surface area contributed by atoms with Crippen molar-refractivity contribution in [3.05, 3.63) is 34.3 Å². The minimum absolute atomic E-state index is 0.0591. The first-order valence-corrected chi connectivity index (χ1v) is 9.80. The molecule has 3 amide bonds. The summed E-state index contributed by atoms with van der Waals surface area (Å²) in [6.07, 6.45) is 2.20. The third-order valence-electron chi connectivity index (χ3n) is 4.66. The lowest BCUT2D eigenvalue weighted by Gasteiger charge is -2.26. The number of hydrogen-bond donors (Lipinski definition) is 2. The van der Waals surface area contributed by atoms with Gasteiger partial charge < -0.3 is 15.5 Å². The summed E-state index contributed by atoms with van der Waals surface area (Å²) in [7, 11) is 0. The van der Waals surface area contributed by atoms with E-state index in [2.05, 4.69) is 26.6 Å². The number of hydrogen-bond acceptors (Lipinski definition) is 3. The maximum absolute atomic E-state index is 12.7. The number of halogens is 1. The van der Waals surface area contributed by atoms with Crippen LogP contribution in [0.15, 0.2) is 28.7 Å². The molecule has 2 N–H and O–H groups in total. The lowest BCUT2D eigenvalue weighted by molar-refractivity contribution is -0.130. The molecule has 1 heterocycles. The fourth-order valence-electron chi connectivity index (χ4n) is 2.89. The lowest BCUT2D eigenvalue weighted by atomic mass is 10.1. The van der Waals surface area contributed by atoms with E-state index in [1.807, 2.05) is 13.8 Å². The monoisotopic (exact) mass is 423 g/mol. The average molecular weight is 424 g/mol. The third-order valence-corrected chi connectivity index (χ3v) is 5.19. The van der Waals surface area contributed by atoms with Gasteiger partial charge in [-0.2, -0.15) is 0 Å². The second-order valence-electron chi connectivity index (χ2n) is 6.71. The van der Waals surface area contributed by atoms with E-state index in [0.29, 0.717) is 18.5 Å². The Hall–Kier alpha value is -1.89. The van der Waals surface area contributed by atoms with Crippen LogP contribution >= 0.6 is 15.9 Å². The first-order valence-electron chi connectivity index (χ1n) is 9.00. The van der Waals surface area contributed by atoms with Gasteiger partial charge in [-0.1, -0.05) is 22.9 Å². The SMILES string of the molecule is CCC(C)NC(=O)C(C)NC(=O)C1CCCN1C(=O)c1ccc(Br)cc1. The number of carbonyl (C=O) groups excluding carboxylic acids is 3. The van der Waals surface area contributed by atoms with Crippen molar-refractivity contribution in [1.82, 2.24) is 15.5 Å². The van der Waals surface area contributed by atoms with Crippen molar-refractivity contribution in [2.45, 2.75) is 58.2 Å². The average Bonchev–Trinajstić information content (AvgIpc) is 3.11. The lowest BCUT2D eigenvalue weighted by Crippen LogP contribution is -2.53. The predicted molar refractivity (Wildman–Crippen MR) is 104 cm³/mol. The smallest absolute Gasteiger partial charge is 0.254 e. The molecule has 1 saturated heterocycles. The normalized spacial score (nSPS) is 18.9. The van der Waals surface area contributed by atoms with E-state index in [1.54, 1.807) is 36.1 Å². The number of amides is 3. The highest BCUT2D eigenvalue weighted by Crippen LogP contribution is 2.21. The predicted octanol–water partition coefficient (Wildman–Crippen LogP) is 2.47. The number of nitrogens with one attached hydrogen (secondary N) is 2. The van der Waals surface area contributed by atoms with Gasteiger partial charge in [0.15, 0.2) is 0 Å². The Balaban J connectivity index is 2.00. The van der Waals surface area contributed by atoms with Crippen molar-refractivity contribution < 1.29 is 14.4 Å². The van der Waals surface area contributed by atoms with Crippen LogP contribution in [0.1, 0.15) is 50.4 Å². The van der Waals surface area contributed by atoms with E-state index in [0.717, 1.165) is 17.3 Å². The van der Waals surface area contributed by atoms with Crippen molar-refractivity contribution in [2.75, 3.05) is 6.54 Å². The van der Waals surface area contributed by atoms with Crippen LogP contribution in [0.3, 0.4) is 0 Å². The largest absolute Gasteiger partial charge is 0.352 e. The molecular weight excluding hydrogens is 398 g/mol. The number of rotatable bonds is 6. The molecule has 3 unspecified atom stereocenters. The van der Waals surface area contributed by atoms with Crippen molar-refractivity contribution in [3.8, 4) is 0 Å². The molecule has 0 radical (unpaired) electrons. The maximum atomic E-state index is 12.7. The van der Waals surface area contributed by atoms with Crippen molar-refractivity contribution in [3.63, 3.8) is 0 Å². The van der Waals surface area contributed by atoms with Gasteiger partial charge >= 0.3 is 0 Å². The highest BCUT2D eigenvalue weighted by Gasteiger charge is 2.35. The van der Waals surface area contributed by atoms with Gasteiger partial charge in [-0.15, -0.1) is 0 Å². The second-order valence-corrected chi connectivity index (χ2v) is 7.63. The van der Waals surface area contributed by atoms with E-state index in [-0.39, 0.29) is 23.8 Å². The Morgan fingerprint density at radius 1 is 1.19 bits per heavy atom. The van der Waals surface area contributed by atoms with Gasteiger partial charge in [0.05, 0.1) is 0 Å². The molecule has 0 aliphatic carbocycles. The van der Waals surface area contributed by atoms with E-state index in [4.69, 9.17) is 0 Å². The molecule has 0 spiro atoms. The molecular formula is C19H26BrN3O3. The molecule has 1 aromatic carbocycles. The van der Waals surface area contributed by atoms with Crippen LogP contribution in [0, 0.1) is 0 Å². The van der Waals surface area contributed by atoms with Crippen molar-refractivity contribution in [2.24, 2.45) is 0 Å². The molecule has 3 atom stereocenters. The first-order chi connectivity index (χ1) is 12.3. The van der Waals surface area contributed by atoms with E-state index >= 15 is 0 Å². The first kappa shape index (κ1) is 20.4. The van der Waals surface area contributed by atoms with E-state index < -0.39 is 12.1 Å². The number of benzene rings is 1. The summed E-state index contributed by atoms with van der Waals surface area (Å²) in [6, 6.07) is 5.97. The fraction of sp³-hybridized carbons (Fsp3) is 0.526. The summed E-state index contributed by atoms with van der Waals surface area (Å²) < 4.78 is 0.894. The zero-order chi connectivity index (χ0) is 19.3. The molecule has 0 saturated carbocycles. The highest BCUT2D eigenvalue weighted by atomic mass is 79.9. The maximum Gasteiger partial charge on any atom is 0.254 e. The molecule has 7 heteroatoms. The Morgan fingerprint density at radius 3 is 2.46 bits per heavy atom. The van der Waals surface area contributed by atoms with Gasteiger partial charge in [-0.3, -0.25) is 14.4 Å². The van der Waals surface area contributed by atoms with E-state index in [1.165, 1.54) is 0 Å². The fourth-order valence-corrected chi connectivity index (χ4v) is 3.15. The van der Waals surface area contributed by atoms with Crippen LogP contribution in [0.5, 0.6) is 0 Å². The van der Waals surface area contributed by atoms with Crippen LogP contribution in [-0.4, -0.2) is 47.3 Å². The molecule has 0 aromatic heterocycles. The summed E-state index contributed by atoms with van der Waals surface area (Å²) >= 11 is 3.35. The summed E-state index contributed by atoms with van der Waals surface area (Å²) in [6.45, 7) is 6.10. The van der Waals surface area contributed by atoms with Gasteiger partial charge in [-0.05, 0) is 57.4 Å². The zero-order valence-corrected chi connectivity index (χ0v) is 17.0. The Bertz CT molecular complexity index is 662. The van der Waals surface area contributed by atoms with Gasteiger partial charge in [0.25, 0.3) is 5.91 Å². The second kappa shape index (κ2) is 9.16. The molecule has 142 valence electrons. The molecule has 2 rings (SSSR count). The standard InChI is InChI=1S/C19H26BrN3O3/c1-4-12(2)21-17(24)13(3)22-18(25)16-6-5-11-23(16)19(26)14-7-9-15(20)10-8-14/h7-10,12-13,16H,4-6,11H2,1-3H3,(H,21,24)(H,22,25).